The predicted molar refractivity (Wildman–Crippen MR) is 123 cm³/mol. The molecule has 2 heterocycles. The standard InChI is InChI=1S/C25H33N3O5/c1-3-16-10-7-11-18-13-27(15-20(16)18)25(31)33-19-12-21(24(30)32-2)28(14-19)23(29)22(26)17-8-5-4-6-9-17/h3,7,10-11,17,19,21-22H,1,4-6,8-9,12-15,26H2,2H3/t19-,21+,22+/m1/s1. The van der Waals surface area contributed by atoms with Gasteiger partial charge in [0, 0.05) is 13.0 Å². The zero-order chi connectivity index (χ0) is 23.5. The highest BCUT2D eigenvalue weighted by molar-refractivity contribution is 5.88. The summed E-state index contributed by atoms with van der Waals surface area (Å²) in [5, 5.41) is 0. The number of amides is 2. The van der Waals surface area contributed by atoms with E-state index in [0.29, 0.717) is 13.1 Å². The second-order valence-corrected chi connectivity index (χ2v) is 9.24. The van der Waals surface area contributed by atoms with Crippen LogP contribution in [0.25, 0.3) is 6.08 Å². The summed E-state index contributed by atoms with van der Waals surface area (Å²) in [6.45, 7) is 4.88. The lowest BCUT2D eigenvalue weighted by atomic mass is 9.83. The van der Waals surface area contributed by atoms with Crippen LogP contribution in [0.4, 0.5) is 4.79 Å². The van der Waals surface area contributed by atoms with Gasteiger partial charge in [-0.2, -0.15) is 0 Å². The van der Waals surface area contributed by atoms with E-state index in [9.17, 15) is 14.4 Å². The van der Waals surface area contributed by atoms with Gasteiger partial charge in [0.25, 0.3) is 0 Å². The lowest BCUT2D eigenvalue weighted by molar-refractivity contribution is -0.151. The number of esters is 1. The number of methoxy groups -OCH3 is 1. The summed E-state index contributed by atoms with van der Waals surface area (Å²) < 4.78 is 10.7. The van der Waals surface area contributed by atoms with Gasteiger partial charge in [-0.3, -0.25) is 9.69 Å². The van der Waals surface area contributed by atoms with Crippen molar-refractivity contribution >= 4 is 24.0 Å². The number of hydrogen-bond donors (Lipinski definition) is 1. The molecule has 3 aliphatic rings. The Bertz CT molecular complexity index is 927. The topological polar surface area (TPSA) is 102 Å². The minimum absolute atomic E-state index is 0.119. The molecule has 1 aliphatic carbocycles. The summed E-state index contributed by atoms with van der Waals surface area (Å²) >= 11 is 0. The van der Waals surface area contributed by atoms with E-state index in [4.69, 9.17) is 15.2 Å². The Morgan fingerprint density at radius 2 is 1.94 bits per heavy atom. The number of nitrogens with two attached hydrogens (primary N) is 1. The van der Waals surface area contributed by atoms with Gasteiger partial charge in [-0.25, -0.2) is 9.59 Å². The number of rotatable bonds is 5. The molecule has 8 heteroatoms. The number of likely N-dealkylation sites (tertiary alicyclic amines) is 1. The van der Waals surface area contributed by atoms with Gasteiger partial charge in [-0.1, -0.05) is 50.1 Å². The van der Waals surface area contributed by atoms with Crippen molar-refractivity contribution in [1.29, 1.82) is 0 Å². The highest BCUT2D eigenvalue weighted by atomic mass is 16.6. The number of fused-ring (bicyclic) bond motifs is 1. The maximum Gasteiger partial charge on any atom is 0.410 e. The van der Waals surface area contributed by atoms with Crippen molar-refractivity contribution in [2.75, 3.05) is 13.7 Å². The maximum absolute atomic E-state index is 13.2. The van der Waals surface area contributed by atoms with E-state index in [1.54, 1.807) is 11.0 Å². The van der Waals surface area contributed by atoms with Crippen LogP contribution in [-0.2, 0) is 32.2 Å². The molecule has 0 unspecified atom stereocenters. The summed E-state index contributed by atoms with van der Waals surface area (Å²) in [4.78, 5) is 41.6. The monoisotopic (exact) mass is 455 g/mol. The van der Waals surface area contributed by atoms with Crippen LogP contribution in [0.2, 0.25) is 0 Å². The number of carbonyl (C=O) groups is 3. The highest BCUT2D eigenvalue weighted by Crippen LogP contribution is 2.31. The normalized spacial score (nSPS) is 23.7. The number of ether oxygens (including phenoxy) is 2. The van der Waals surface area contributed by atoms with E-state index >= 15 is 0 Å². The van der Waals surface area contributed by atoms with Crippen LogP contribution in [0, 0.1) is 5.92 Å². The molecule has 1 aromatic carbocycles. The second kappa shape index (κ2) is 9.95. The van der Waals surface area contributed by atoms with Crippen LogP contribution in [0.1, 0.15) is 55.2 Å². The van der Waals surface area contributed by atoms with Crippen molar-refractivity contribution in [1.82, 2.24) is 9.80 Å². The van der Waals surface area contributed by atoms with Gasteiger partial charge < -0.3 is 20.1 Å². The van der Waals surface area contributed by atoms with E-state index in [-0.39, 0.29) is 24.8 Å². The molecule has 1 saturated heterocycles. The number of hydrogen-bond acceptors (Lipinski definition) is 6. The smallest absolute Gasteiger partial charge is 0.410 e. The second-order valence-electron chi connectivity index (χ2n) is 9.24. The maximum atomic E-state index is 13.2. The Kier molecular flexibility index (Phi) is 7.02. The molecular weight excluding hydrogens is 422 g/mol. The summed E-state index contributed by atoms with van der Waals surface area (Å²) in [7, 11) is 1.30. The first kappa shape index (κ1) is 23.3. The van der Waals surface area contributed by atoms with Gasteiger partial charge in [0.15, 0.2) is 0 Å². The molecule has 0 radical (unpaired) electrons. The van der Waals surface area contributed by atoms with Crippen molar-refractivity contribution < 1.29 is 23.9 Å². The van der Waals surface area contributed by atoms with Crippen molar-refractivity contribution in [3.05, 3.63) is 41.5 Å². The summed E-state index contributed by atoms with van der Waals surface area (Å²) in [6, 6.07) is 4.46. The first-order chi connectivity index (χ1) is 15.9. The zero-order valence-corrected chi connectivity index (χ0v) is 19.2. The first-order valence-corrected chi connectivity index (χ1v) is 11.8. The molecule has 178 valence electrons. The van der Waals surface area contributed by atoms with Crippen LogP contribution in [0.15, 0.2) is 24.8 Å². The third-order valence-electron chi connectivity index (χ3n) is 7.23. The van der Waals surface area contributed by atoms with Crippen LogP contribution in [0.5, 0.6) is 0 Å². The molecule has 8 nitrogen and oxygen atoms in total. The Morgan fingerprint density at radius 3 is 2.64 bits per heavy atom. The molecule has 1 saturated carbocycles. The summed E-state index contributed by atoms with van der Waals surface area (Å²) in [5.41, 5.74) is 9.47. The molecular formula is C25H33N3O5. The van der Waals surface area contributed by atoms with E-state index in [2.05, 4.69) is 6.58 Å². The molecule has 4 rings (SSSR count). The number of benzene rings is 1. The predicted octanol–water partition coefficient (Wildman–Crippen LogP) is 2.83. The molecule has 1 aromatic rings. The third-order valence-corrected chi connectivity index (χ3v) is 7.23. The average Bonchev–Trinajstić information content (AvgIpc) is 3.47. The lowest BCUT2D eigenvalue weighted by Gasteiger charge is -2.31. The lowest BCUT2D eigenvalue weighted by Crippen LogP contribution is -2.52. The quantitative estimate of drug-likeness (QED) is 0.685. The molecule has 2 fully saturated rings. The molecule has 2 aliphatic heterocycles. The van der Waals surface area contributed by atoms with Crippen molar-refractivity contribution in [2.45, 2.75) is 69.8 Å². The number of nitrogens with zero attached hydrogens (tertiary/aromatic N) is 2. The van der Waals surface area contributed by atoms with Gasteiger partial charge in [0.05, 0.1) is 26.2 Å². The van der Waals surface area contributed by atoms with Gasteiger partial charge in [-0.05, 0) is 35.4 Å². The fourth-order valence-electron chi connectivity index (χ4n) is 5.36. The molecule has 2 N–H and O–H groups in total. The van der Waals surface area contributed by atoms with Gasteiger partial charge in [0.1, 0.15) is 12.1 Å². The van der Waals surface area contributed by atoms with Crippen molar-refractivity contribution in [3.8, 4) is 0 Å². The van der Waals surface area contributed by atoms with Crippen LogP contribution in [0.3, 0.4) is 0 Å². The summed E-state index contributed by atoms with van der Waals surface area (Å²) in [5.74, 6) is -0.657. The van der Waals surface area contributed by atoms with Crippen LogP contribution in [-0.4, -0.2) is 59.6 Å². The average molecular weight is 456 g/mol. The Morgan fingerprint density at radius 1 is 1.18 bits per heavy atom. The van der Waals surface area contributed by atoms with Crippen molar-refractivity contribution in [3.63, 3.8) is 0 Å². The summed E-state index contributed by atoms with van der Waals surface area (Å²) in [6.07, 6.45) is 6.08. The molecule has 0 bridgehead atoms. The Hall–Kier alpha value is -2.87. The van der Waals surface area contributed by atoms with E-state index in [0.717, 1.165) is 42.4 Å². The Balaban J connectivity index is 1.41. The zero-order valence-electron chi connectivity index (χ0n) is 19.2. The van der Waals surface area contributed by atoms with Gasteiger partial charge >= 0.3 is 12.1 Å². The van der Waals surface area contributed by atoms with Crippen LogP contribution < -0.4 is 5.73 Å². The van der Waals surface area contributed by atoms with Gasteiger partial charge in [-0.15, -0.1) is 0 Å². The fourth-order valence-corrected chi connectivity index (χ4v) is 5.36. The van der Waals surface area contributed by atoms with E-state index in [1.165, 1.54) is 18.4 Å². The van der Waals surface area contributed by atoms with E-state index in [1.807, 2.05) is 18.2 Å². The highest BCUT2D eigenvalue weighted by Gasteiger charge is 2.45. The van der Waals surface area contributed by atoms with Crippen LogP contribution >= 0.6 is 0 Å². The molecule has 3 atom stereocenters. The minimum Gasteiger partial charge on any atom is -0.467 e. The number of carbonyl (C=O) groups excluding carboxylic acids is 3. The largest absolute Gasteiger partial charge is 0.467 e. The first-order valence-electron chi connectivity index (χ1n) is 11.8. The molecule has 33 heavy (non-hydrogen) atoms. The van der Waals surface area contributed by atoms with E-state index < -0.39 is 30.3 Å². The SMILES string of the molecule is C=Cc1cccc2c1CN(C(=O)O[C@@H]1C[C@@H](C(=O)OC)N(C(=O)[C@@H](N)C3CCCCC3)C1)C2. The molecule has 2 amide bonds. The minimum atomic E-state index is -0.793. The fraction of sp³-hybridized carbons (Fsp3) is 0.560. The third kappa shape index (κ3) is 4.76. The van der Waals surface area contributed by atoms with Gasteiger partial charge in [0.2, 0.25) is 5.91 Å². The van der Waals surface area contributed by atoms with Crippen molar-refractivity contribution in [2.24, 2.45) is 11.7 Å². The molecule has 0 aromatic heterocycles. The Labute approximate surface area is 194 Å². The molecule has 0 spiro atoms.